The summed E-state index contributed by atoms with van der Waals surface area (Å²) in [6.07, 6.45) is 6.88. The summed E-state index contributed by atoms with van der Waals surface area (Å²) in [5, 5.41) is 5.31. The average molecular weight is 457 g/mol. The van der Waals surface area contributed by atoms with Crippen molar-refractivity contribution in [1.82, 2.24) is 14.7 Å². The molecule has 34 heavy (non-hydrogen) atoms. The zero-order valence-electron chi connectivity index (χ0n) is 18.6. The van der Waals surface area contributed by atoms with Crippen molar-refractivity contribution in [3.63, 3.8) is 0 Å². The number of carbonyl (C=O) groups is 2. The minimum absolute atomic E-state index is 0.165. The van der Waals surface area contributed by atoms with Gasteiger partial charge in [0.15, 0.2) is 11.5 Å². The van der Waals surface area contributed by atoms with Gasteiger partial charge in [-0.25, -0.2) is 4.98 Å². The topological polar surface area (TPSA) is 94.0 Å². The van der Waals surface area contributed by atoms with Gasteiger partial charge in [-0.05, 0) is 35.9 Å². The van der Waals surface area contributed by atoms with Gasteiger partial charge in [-0.15, -0.1) is 0 Å². The summed E-state index contributed by atoms with van der Waals surface area (Å²) >= 11 is 0. The number of carbonyl (C=O) groups excluding carboxylic acids is 2. The van der Waals surface area contributed by atoms with E-state index in [1.54, 1.807) is 31.4 Å². The zero-order chi connectivity index (χ0) is 23.8. The highest BCUT2D eigenvalue weighted by Gasteiger charge is 2.10. The molecular formula is C26H24N4O4. The maximum atomic E-state index is 12.3. The van der Waals surface area contributed by atoms with E-state index in [0.29, 0.717) is 17.2 Å². The lowest BCUT2D eigenvalue weighted by Crippen LogP contribution is -2.31. The van der Waals surface area contributed by atoms with Gasteiger partial charge in [0.1, 0.15) is 12.3 Å². The summed E-state index contributed by atoms with van der Waals surface area (Å²) in [5.41, 5.74) is 3.00. The molecule has 172 valence electrons. The Hall–Kier alpha value is -4.59. The van der Waals surface area contributed by atoms with Crippen LogP contribution in [0.15, 0.2) is 85.2 Å². The average Bonchev–Trinajstić information content (AvgIpc) is 3.29. The standard InChI is InChI=1S/C26H24N4O4/c1-33-22-12-11-20(15-23(22)34-18-21-17-30-14-6-5-9-24(30)28-21)29-26(32)16-27-25(31)13-10-19-7-3-2-4-8-19/h2-15,17H,16,18H2,1H3,(H,27,31)(H,29,32)/b13-10+. The maximum Gasteiger partial charge on any atom is 0.244 e. The number of anilines is 1. The Morgan fingerprint density at radius 2 is 1.85 bits per heavy atom. The molecule has 0 aliphatic rings. The van der Waals surface area contributed by atoms with E-state index in [1.165, 1.54) is 6.08 Å². The number of amides is 2. The van der Waals surface area contributed by atoms with E-state index in [-0.39, 0.29) is 25.0 Å². The first-order valence-corrected chi connectivity index (χ1v) is 10.6. The molecule has 2 amide bonds. The van der Waals surface area contributed by atoms with E-state index in [0.717, 1.165) is 16.9 Å². The van der Waals surface area contributed by atoms with Gasteiger partial charge in [0.25, 0.3) is 0 Å². The predicted octanol–water partition coefficient (Wildman–Crippen LogP) is 3.69. The molecule has 2 N–H and O–H groups in total. The molecule has 0 unspecified atom stereocenters. The first-order valence-electron chi connectivity index (χ1n) is 10.6. The van der Waals surface area contributed by atoms with E-state index in [4.69, 9.17) is 9.47 Å². The SMILES string of the molecule is COc1ccc(NC(=O)CNC(=O)/C=C/c2ccccc2)cc1OCc1cn2ccccc2n1. The number of hydrogen-bond acceptors (Lipinski definition) is 5. The van der Waals surface area contributed by atoms with Gasteiger partial charge in [0.05, 0.1) is 19.3 Å². The third kappa shape index (κ3) is 6.01. The molecule has 0 saturated carbocycles. The lowest BCUT2D eigenvalue weighted by Gasteiger charge is -2.12. The molecule has 0 radical (unpaired) electrons. The number of pyridine rings is 1. The number of nitrogens with one attached hydrogen (secondary N) is 2. The molecule has 0 aliphatic carbocycles. The normalized spacial score (nSPS) is 10.9. The molecule has 4 rings (SSSR count). The van der Waals surface area contributed by atoms with Gasteiger partial charge in [0.2, 0.25) is 11.8 Å². The highest BCUT2D eigenvalue weighted by atomic mass is 16.5. The van der Waals surface area contributed by atoms with Gasteiger partial charge in [-0.1, -0.05) is 36.4 Å². The number of rotatable bonds is 9. The molecule has 8 heteroatoms. The molecule has 0 bridgehead atoms. The van der Waals surface area contributed by atoms with Crippen LogP contribution < -0.4 is 20.1 Å². The number of methoxy groups -OCH3 is 1. The second kappa shape index (κ2) is 10.8. The van der Waals surface area contributed by atoms with Crippen LogP contribution >= 0.6 is 0 Å². The number of benzene rings is 2. The second-order valence-electron chi connectivity index (χ2n) is 7.36. The summed E-state index contributed by atoms with van der Waals surface area (Å²) in [7, 11) is 1.55. The Balaban J connectivity index is 1.32. The lowest BCUT2D eigenvalue weighted by molar-refractivity contribution is -0.121. The van der Waals surface area contributed by atoms with Crippen LogP contribution in [0.25, 0.3) is 11.7 Å². The number of nitrogens with zero attached hydrogens (tertiary/aromatic N) is 2. The van der Waals surface area contributed by atoms with Crippen molar-refractivity contribution in [1.29, 1.82) is 0 Å². The molecule has 0 saturated heterocycles. The summed E-state index contributed by atoms with van der Waals surface area (Å²) in [5.74, 6) is 0.274. The van der Waals surface area contributed by atoms with E-state index < -0.39 is 0 Å². The zero-order valence-corrected chi connectivity index (χ0v) is 18.6. The summed E-state index contributed by atoms with van der Waals surface area (Å²) in [6.45, 7) is 0.0701. The largest absolute Gasteiger partial charge is 0.493 e. The molecule has 0 spiro atoms. The monoisotopic (exact) mass is 456 g/mol. The number of fused-ring (bicyclic) bond motifs is 1. The summed E-state index contributed by atoms with van der Waals surface area (Å²) in [6, 6.07) is 20.3. The molecule has 0 fully saturated rings. The van der Waals surface area contributed by atoms with Gasteiger partial charge >= 0.3 is 0 Å². The van der Waals surface area contributed by atoms with E-state index in [1.807, 2.05) is 65.3 Å². The number of aromatic nitrogens is 2. The van der Waals surface area contributed by atoms with Gasteiger partial charge in [0, 0.05) is 30.2 Å². The minimum Gasteiger partial charge on any atom is -0.493 e. The van der Waals surface area contributed by atoms with E-state index >= 15 is 0 Å². The third-order valence-corrected chi connectivity index (χ3v) is 4.89. The number of ether oxygens (including phenoxy) is 2. The van der Waals surface area contributed by atoms with Crippen molar-refractivity contribution in [3.05, 3.63) is 96.5 Å². The first-order chi connectivity index (χ1) is 16.6. The van der Waals surface area contributed by atoms with Crippen LogP contribution in [0.4, 0.5) is 5.69 Å². The molecular weight excluding hydrogens is 432 g/mol. The Morgan fingerprint density at radius 1 is 1.03 bits per heavy atom. The fraction of sp³-hybridized carbons (Fsp3) is 0.115. The number of hydrogen-bond donors (Lipinski definition) is 2. The molecule has 2 aromatic carbocycles. The molecule has 2 aromatic heterocycles. The van der Waals surface area contributed by atoms with E-state index in [2.05, 4.69) is 15.6 Å². The van der Waals surface area contributed by atoms with Gasteiger partial charge < -0.3 is 24.5 Å². The highest BCUT2D eigenvalue weighted by Crippen LogP contribution is 2.31. The van der Waals surface area contributed by atoms with Crippen LogP contribution in [0.3, 0.4) is 0 Å². The highest BCUT2D eigenvalue weighted by molar-refractivity contribution is 5.98. The van der Waals surface area contributed by atoms with Crippen molar-refractivity contribution in [3.8, 4) is 11.5 Å². The fourth-order valence-corrected chi connectivity index (χ4v) is 3.24. The molecule has 8 nitrogen and oxygen atoms in total. The van der Waals surface area contributed by atoms with Crippen LogP contribution in [-0.4, -0.2) is 34.9 Å². The molecule has 2 heterocycles. The minimum atomic E-state index is -0.363. The van der Waals surface area contributed by atoms with Crippen LogP contribution in [0, 0.1) is 0 Å². The summed E-state index contributed by atoms with van der Waals surface area (Å²) < 4.78 is 13.2. The van der Waals surface area contributed by atoms with Crippen molar-refractivity contribution < 1.29 is 19.1 Å². The van der Waals surface area contributed by atoms with Crippen LogP contribution in [0.1, 0.15) is 11.3 Å². The third-order valence-electron chi connectivity index (χ3n) is 4.89. The quantitative estimate of drug-likeness (QED) is 0.375. The predicted molar refractivity (Wildman–Crippen MR) is 130 cm³/mol. The van der Waals surface area contributed by atoms with Crippen molar-refractivity contribution in [2.45, 2.75) is 6.61 Å². The second-order valence-corrected chi connectivity index (χ2v) is 7.36. The fourth-order valence-electron chi connectivity index (χ4n) is 3.24. The molecule has 0 atom stereocenters. The maximum absolute atomic E-state index is 12.3. The molecule has 0 aliphatic heterocycles. The first kappa shape index (κ1) is 22.6. The number of imidazole rings is 1. The van der Waals surface area contributed by atoms with Gasteiger partial charge in [-0.2, -0.15) is 0 Å². The van der Waals surface area contributed by atoms with Crippen molar-refractivity contribution >= 4 is 29.2 Å². The summed E-state index contributed by atoms with van der Waals surface area (Å²) in [4.78, 5) is 28.8. The Bertz CT molecular complexity index is 1280. The van der Waals surface area contributed by atoms with Crippen LogP contribution in [0.2, 0.25) is 0 Å². The van der Waals surface area contributed by atoms with Gasteiger partial charge in [-0.3, -0.25) is 9.59 Å². The Morgan fingerprint density at radius 3 is 2.65 bits per heavy atom. The van der Waals surface area contributed by atoms with E-state index in [9.17, 15) is 9.59 Å². The van der Waals surface area contributed by atoms with Crippen LogP contribution in [-0.2, 0) is 16.2 Å². The smallest absolute Gasteiger partial charge is 0.244 e. The lowest BCUT2D eigenvalue weighted by atomic mass is 10.2. The van der Waals surface area contributed by atoms with Crippen molar-refractivity contribution in [2.24, 2.45) is 0 Å². The Kier molecular flexibility index (Phi) is 7.19. The van der Waals surface area contributed by atoms with Crippen molar-refractivity contribution in [2.75, 3.05) is 19.0 Å². The van der Waals surface area contributed by atoms with Crippen LogP contribution in [0.5, 0.6) is 11.5 Å². The Labute approximate surface area is 196 Å². The molecule has 4 aromatic rings.